The summed E-state index contributed by atoms with van der Waals surface area (Å²) in [5, 5.41) is 3.42. The minimum absolute atomic E-state index is 0.195. The van der Waals surface area contributed by atoms with Crippen LogP contribution in [0.4, 0.5) is 0 Å². The maximum absolute atomic E-state index is 4.29. The van der Waals surface area contributed by atoms with Gasteiger partial charge in [-0.1, -0.05) is 6.07 Å². The number of nitrogens with one attached hydrogen (secondary N) is 1. The van der Waals surface area contributed by atoms with Crippen LogP contribution in [-0.2, 0) is 5.54 Å². The molecule has 0 radical (unpaired) electrons. The second kappa shape index (κ2) is 2.56. The van der Waals surface area contributed by atoms with E-state index in [9.17, 15) is 0 Å². The van der Waals surface area contributed by atoms with Crippen LogP contribution in [0, 0.1) is 6.92 Å². The normalized spacial score (nSPS) is 28.2. The molecule has 0 saturated carbocycles. The molecule has 0 aliphatic carbocycles. The molecule has 0 amide bonds. The Labute approximate surface area is 73.0 Å². The first-order chi connectivity index (χ1) is 5.71. The van der Waals surface area contributed by atoms with Crippen molar-refractivity contribution in [3.05, 3.63) is 29.6 Å². The van der Waals surface area contributed by atoms with Crippen LogP contribution >= 0.6 is 0 Å². The van der Waals surface area contributed by atoms with E-state index in [0.29, 0.717) is 0 Å². The standard InChI is InChI=1S/C10H14N2/c1-8-3-4-9(7-11-8)10(2)5-6-12-10/h3-4,7,12H,5-6H2,1-2H3/t10-/m0/s1. The summed E-state index contributed by atoms with van der Waals surface area (Å²) in [6.45, 7) is 5.37. The molecule has 1 atom stereocenters. The van der Waals surface area contributed by atoms with Crippen LogP contribution in [0.15, 0.2) is 18.3 Å². The molecule has 1 N–H and O–H groups in total. The summed E-state index contributed by atoms with van der Waals surface area (Å²) in [6.07, 6.45) is 3.19. The molecule has 1 aromatic rings. The summed E-state index contributed by atoms with van der Waals surface area (Å²) in [7, 11) is 0. The summed E-state index contributed by atoms with van der Waals surface area (Å²) >= 11 is 0. The van der Waals surface area contributed by atoms with Crippen molar-refractivity contribution >= 4 is 0 Å². The maximum Gasteiger partial charge on any atom is 0.0433 e. The fraction of sp³-hybridized carbons (Fsp3) is 0.500. The van der Waals surface area contributed by atoms with Crippen LogP contribution in [0.25, 0.3) is 0 Å². The summed E-state index contributed by atoms with van der Waals surface area (Å²) in [5.41, 5.74) is 2.58. The fourth-order valence-electron chi connectivity index (χ4n) is 1.54. The molecule has 2 nitrogen and oxygen atoms in total. The number of aryl methyl sites for hydroxylation is 1. The second-order valence-corrected chi connectivity index (χ2v) is 3.70. The zero-order valence-electron chi connectivity index (χ0n) is 7.59. The SMILES string of the molecule is Cc1ccc([C@]2(C)CCN2)cn1. The summed E-state index contributed by atoms with van der Waals surface area (Å²) < 4.78 is 0. The lowest BCUT2D eigenvalue weighted by Gasteiger charge is -2.40. The molecule has 12 heavy (non-hydrogen) atoms. The topological polar surface area (TPSA) is 24.9 Å². The van der Waals surface area contributed by atoms with Crippen molar-refractivity contribution in [2.24, 2.45) is 0 Å². The molecule has 1 aliphatic rings. The number of rotatable bonds is 1. The fourth-order valence-corrected chi connectivity index (χ4v) is 1.54. The summed E-state index contributed by atoms with van der Waals surface area (Å²) in [4.78, 5) is 4.29. The number of aromatic nitrogens is 1. The Morgan fingerprint density at radius 3 is 2.67 bits per heavy atom. The molecule has 2 heterocycles. The largest absolute Gasteiger partial charge is 0.307 e. The van der Waals surface area contributed by atoms with E-state index in [2.05, 4.69) is 29.4 Å². The molecular formula is C10H14N2. The van der Waals surface area contributed by atoms with Gasteiger partial charge in [0.15, 0.2) is 0 Å². The molecule has 2 rings (SSSR count). The Hall–Kier alpha value is -0.890. The van der Waals surface area contributed by atoms with Crippen molar-refractivity contribution < 1.29 is 0 Å². The van der Waals surface area contributed by atoms with Gasteiger partial charge in [0.2, 0.25) is 0 Å². The second-order valence-electron chi connectivity index (χ2n) is 3.70. The van der Waals surface area contributed by atoms with E-state index in [4.69, 9.17) is 0 Å². The molecular weight excluding hydrogens is 148 g/mol. The lowest BCUT2D eigenvalue weighted by atomic mass is 9.84. The van der Waals surface area contributed by atoms with Gasteiger partial charge in [-0.3, -0.25) is 4.98 Å². The highest BCUT2D eigenvalue weighted by Gasteiger charge is 2.32. The van der Waals surface area contributed by atoms with Crippen LogP contribution in [0.5, 0.6) is 0 Å². The quantitative estimate of drug-likeness (QED) is 0.678. The Morgan fingerprint density at radius 2 is 2.25 bits per heavy atom. The van der Waals surface area contributed by atoms with Crippen molar-refractivity contribution in [2.45, 2.75) is 25.8 Å². The third kappa shape index (κ3) is 1.12. The third-order valence-corrected chi connectivity index (χ3v) is 2.69. The minimum atomic E-state index is 0.195. The van der Waals surface area contributed by atoms with Gasteiger partial charge in [0.05, 0.1) is 0 Å². The first-order valence-corrected chi connectivity index (χ1v) is 4.39. The van der Waals surface area contributed by atoms with E-state index in [-0.39, 0.29) is 5.54 Å². The smallest absolute Gasteiger partial charge is 0.0433 e. The van der Waals surface area contributed by atoms with Crippen LogP contribution < -0.4 is 5.32 Å². The highest BCUT2D eigenvalue weighted by molar-refractivity contribution is 5.24. The molecule has 2 heteroatoms. The first kappa shape index (κ1) is 7.74. The Morgan fingerprint density at radius 1 is 1.50 bits per heavy atom. The highest BCUT2D eigenvalue weighted by atomic mass is 15.0. The number of nitrogens with zero attached hydrogens (tertiary/aromatic N) is 1. The lowest BCUT2D eigenvalue weighted by molar-refractivity contribution is 0.236. The molecule has 1 aromatic heterocycles. The Balaban J connectivity index is 2.28. The Kier molecular flexibility index (Phi) is 1.65. The van der Waals surface area contributed by atoms with Gasteiger partial charge >= 0.3 is 0 Å². The molecule has 0 aromatic carbocycles. The lowest BCUT2D eigenvalue weighted by Crippen LogP contribution is -2.51. The zero-order chi connectivity index (χ0) is 8.60. The molecule has 1 saturated heterocycles. The van der Waals surface area contributed by atoms with Gasteiger partial charge < -0.3 is 5.32 Å². The van der Waals surface area contributed by atoms with Gasteiger partial charge in [0, 0.05) is 17.4 Å². The molecule has 1 aliphatic heterocycles. The van der Waals surface area contributed by atoms with Gasteiger partial charge in [-0.2, -0.15) is 0 Å². The third-order valence-electron chi connectivity index (χ3n) is 2.69. The van der Waals surface area contributed by atoms with E-state index >= 15 is 0 Å². The number of hydrogen-bond acceptors (Lipinski definition) is 2. The van der Waals surface area contributed by atoms with Crippen molar-refractivity contribution in [3.63, 3.8) is 0 Å². The van der Waals surface area contributed by atoms with Crippen molar-refractivity contribution in [1.29, 1.82) is 0 Å². The van der Waals surface area contributed by atoms with E-state index in [1.165, 1.54) is 12.0 Å². The van der Waals surface area contributed by atoms with Gasteiger partial charge in [-0.15, -0.1) is 0 Å². The van der Waals surface area contributed by atoms with E-state index in [1.54, 1.807) is 0 Å². The van der Waals surface area contributed by atoms with Gasteiger partial charge in [-0.05, 0) is 38.4 Å². The monoisotopic (exact) mass is 162 g/mol. The average molecular weight is 162 g/mol. The molecule has 1 fully saturated rings. The van der Waals surface area contributed by atoms with Crippen LogP contribution in [0.2, 0.25) is 0 Å². The molecule has 64 valence electrons. The van der Waals surface area contributed by atoms with Crippen LogP contribution in [0.3, 0.4) is 0 Å². The predicted octanol–water partition coefficient (Wildman–Crippen LogP) is 1.60. The predicted molar refractivity (Wildman–Crippen MR) is 48.9 cm³/mol. The van der Waals surface area contributed by atoms with Crippen molar-refractivity contribution in [3.8, 4) is 0 Å². The van der Waals surface area contributed by atoms with Crippen molar-refractivity contribution in [1.82, 2.24) is 10.3 Å². The summed E-state index contributed by atoms with van der Waals surface area (Å²) in [6, 6.07) is 4.23. The molecule has 0 unspecified atom stereocenters. The first-order valence-electron chi connectivity index (χ1n) is 4.39. The highest BCUT2D eigenvalue weighted by Crippen LogP contribution is 2.29. The van der Waals surface area contributed by atoms with Gasteiger partial charge in [-0.25, -0.2) is 0 Å². The Bertz CT molecular complexity index is 272. The molecule has 0 spiro atoms. The number of hydrogen-bond donors (Lipinski definition) is 1. The maximum atomic E-state index is 4.29. The van der Waals surface area contributed by atoms with Crippen LogP contribution in [-0.4, -0.2) is 11.5 Å². The van der Waals surface area contributed by atoms with E-state index in [1.807, 2.05) is 13.1 Å². The average Bonchev–Trinajstić information content (AvgIpc) is 2.02. The number of pyridine rings is 1. The molecule has 0 bridgehead atoms. The van der Waals surface area contributed by atoms with E-state index in [0.717, 1.165) is 12.2 Å². The van der Waals surface area contributed by atoms with Crippen molar-refractivity contribution in [2.75, 3.05) is 6.54 Å². The van der Waals surface area contributed by atoms with Gasteiger partial charge in [0.1, 0.15) is 0 Å². The van der Waals surface area contributed by atoms with E-state index < -0.39 is 0 Å². The minimum Gasteiger partial charge on any atom is -0.307 e. The zero-order valence-corrected chi connectivity index (χ0v) is 7.59. The van der Waals surface area contributed by atoms with Gasteiger partial charge in [0.25, 0.3) is 0 Å². The van der Waals surface area contributed by atoms with Crippen LogP contribution in [0.1, 0.15) is 24.6 Å². The summed E-state index contributed by atoms with van der Waals surface area (Å²) in [5.74, 6) is 0.